The molecule has 4 heteroatoms. The van der Waals surface area contributed by atoms with Crippen LogP contribution >= 0.6 is 0 Å². The number of hydrogen-bond donors (Lipinski definition) is 1. The third-order valence-corrected chi connectivity index (χ3v) is 2.32. The van der Waals surface area contributed by atoms with E-state index in [0.29, 0.717) is 23.4 Å². The van der Waals surface area contributed by atoms with E-state index in [4.69, 9.17) is 0 Å². The van der Waals surface area contributed by atoms with Gasteiger partial charge in [0.05, 0.1) is 5.69 Å². The molecule has 96 valence electrons. The second kappa shape index (κ2) is 6.69. The summed E-state index contributed by atoms with van der Waals surface area (Å²) >= 11 is 0. The summed E-state index contributed by atoms with van der Waals surface area (Å²) in [4.78, 5) is 11.4. The van der Waals surface area contributed by atoms with Crippen LogP contribution < -0.4 is 0 Å². The van der Waals surface area contributed by atoms with E-state index in [1.54, 1.807) is 25.1 Å². The van der Waals surface area contributed by atoms with Gasteiger partial charge in [-0.25, -0.2) is 4.39 Å². The van der Waals surface area contributed by atoms with Gasteiger partial charge in [0.25, 0.3) is 0 Å². The Labute approximate surface area is 106 Å². The highest BCUT2D eigenvalue weighted by atomic mass is 19.1. The fraction of sp³-hybridized carbons (Fsp3) is 0.286. The highest BCUT2D eigenvalue weighted by Crippen LogP contribution is 2.18. The Morgan fingerprint density at radius 1 is 1.33 bits per heavy atom. The number of Topliss-reactive ketones (excluding diaryl/α,β-unsaturated/α-hetero) is 1. The van der Waals surface area contributed by atoms with Crippen LogP contribution in [0.5, 0.6) is 0 Å². The first-order chi connectivity index (χ1) is 8.70. The van der Waals surface area contributed by atoms with Crippen molar-refractivity contribution >= 4 is 5.78 Å². The lowest BCUT2D eigenvalue weighted by Crippen LogP contribution is -1.95. The van der Waals surface area contributed by atoms with Gasteiger partial charge < -0.3 is 0 Å². The summed E-state index contributed by atoms with van der Waals surface area (Å²) in [6, 6.07) is 7.76. The molecule has 0 aliphatic heterocycles. The van der Waals surface area contributed by atoms with Crippen molar-refractivity contribution in [3.63, 3.8) is 0 Å². The monoisotopic (exact) mass is 248 g/mol. The molecule has 1 aromatic heterocycles. The number of halogens is 1. The summed E-state index contributed by atoms with van der Waals surface area (Å²) in [6.07, 6.45) is 0.421. The number of carbonyl (C=O) groups excluding carboxylic acids is 1. The number of rotatable bonds is 3. The van der Waals surface area contributed by atoms with Gasteiger partial charge in [0.1, 0.15) is 11.5 Å². The van der Waals surface area contributed by atoms with Crippen molar-refractivity contribution in [2.75, 3.05) is 0 Å². The van der Waals surface area contributed by atoms with Crippen molar-refractivity contribution in [3.05, 3.63) is 41.8 Å². The molecule has 0 aliphatic carbocycles. The van der Waals surface area contributed by atoms with Crippen molar-refractivity contribution in [3.8, 4) is 11.3 Å². The molecule has 2 rings (SSSR count). The molecular weight excluding hydrogens is 231 g/mol. The zero-order valence-electron chi connectivity index (χ0n) is 10.8. The molecule has 18 heavy (non-hydrogen) atoms. The lowest BCUT2D eigenvalue weighted by Gasteiger charge is -1.94. The van der Waals surface area contributed by atoms with Crippen molar-refractivity contribution in [2.45, 2.75) is 27.2 Å². The van der Waals surface area contributed by atoms with Crippen LogP contribution in [0.4, 0.5) is 4.39 Å². The normalized spacial score (nSPS) is 9.56. The van der Waals surface area contributed by atoms with Gasteiger partial charge in [-0.2, -0.15) is 5.10 Å². The maximum absolute atomic E-state index is 13.0. The summed E-state index contributed by atoms with van der Waals surface area (Å²) in [7, 11) is 0. The zero-order chi connectivity index (χ0) is 13.5. The quantitative estimate of drug-likeness (QED) is 0.839. The van der Waals surface area contributed by atoms with E-state index in [-0.39, 0.29) is 11.6 Å². The molecule has 1 N–H and O–H groups in total. The fourth-order valence-corrected chi connectivity index (χ4v) is 1.45. The molecular formula is C14H17FN2O. The Kier molecular flexibility index (Phi) is 5.24. The molecule has 1 heterocycles. The number of aromatic nitrogens is 2. The molecule has 0 atom stereocenters. The van der Waals surface area contributed by atoms with E-state index < -0.39 is 0 Å². The number of aromatic amines is 1. The van der Waals surface area contributed by atoms with Gasteiger partial charge in [-0.3, -0.25) is 9.89 Å². The van der Waals surface area contributed by atoms with Gasteiger partial charge in [0, 0.05) is 12.0 Å². The van der Waals surface area contributed by atoms with E-state index in [1.165, 1.54) is 12.1 Å². The number of nitrogens with zero attached hydrogens (tertiary/aromatic N) is 1. The Bertz CT molecular complexity index is 520. The van der Waals surface area contributed by atoms with Crippen LogP contribution in [-0.4, -0.2) is 16.0 Å². The molecule has 0 fully saturated rings. The topological polar surface area (TPSA) is 45.8 Å². The van der Waals surface area contributed by atoms with Gasteiger partial charge >= 0.3 is 0 Å². The minimum Gasteiger partial charge on any atom is -0.292 e. The summed E-state index contributed by atoms with van der Waals surface area (Å²) in [5.41, 5.74) is 1.70. The molecule has 2 aromatic rings. The maximum atomic E-state index is 13.0. The second-order valence-corrected chi connectivity index (χ2v) is 3.45. The minimum atomic E-state index is -0.316. The number of ketones is 1. The number of hydrogen-bond acceptors (Lipinski definition) is 2. The zero-order valence-corrected chi connectivity index (χ0v) is 10.8. The molecule has 0 saturated carbocycles. The molecule has 1 aromatic carbocycles. The Morgan fingerprint density at radius 3 is 2.67 bits per heavy atom. The van der Waals surface area contributed by atoms with Crippen LogP contribution in [0.3, 0.4) is 0 Å². The van der Waals surface area contributed by atoms with Gasteiger partial charge in [-0.15, -0.1) is 0 Å². The number of carbonyl (C=O) groups is 1. The van der Waals surface area contributed by atoms with Gasteiger partial charge in [-0.1, -0.05) is 32.9 Å². The first kappa shape index (κ1) is 14.1. The van der Waals surface area contributed by atoms with Crippen LogP contribution in [0.25, 0.3) is 11.3 Å². The van der Waals surface area contributed by atoms with Gasteiger partial charge in [0.2, 0.25) is 0 Å². The first-order valence-electron chi connectivity index (χ1n) is 6.05. The van der Waals surface area contributed by atoms with E-state index in [2.05, 4.69) is 10.2 Å². The van der Waals surface area contributed by atoms with Crippen molar-refractivity contribution in [1.82, 2.24) is 10.2 Å². The fourth-order valence-electron chi connectivity index (χ4n) is 1.45. The molecule has 0 aliphatic rings. The Morgan fingerprint density at radius 2 is 2.06 bits per heavy atom. The summed E-state index contributed by atoms with van der Waals surface area (Å²) in [5, 5.41) is 6.64. The first-order valence-corrected chi connectivity index (χ1v) is 6.05. The van der Waals surface area contributed by atoms with Gasteiger partial charge in [0.15, 0.2) is 5.78 Å². The largest absolute Gasteiger partial charge is 0.292 e. The van der Waals surface area contributed by atoms with E-state index >= 15 is 0 Å². The van der Waals surface area contributed by atoms with Crippen LogP contribution in [0.2, 0.25) is 0 Å². The van der Waals surface area contributed by atoms with Crippen LogP contribution in [-0.2, 0) is 0 Å². The highest BCUT2D eigenvalue weighted by Gasteiger charge is 2.09. The van der Waals surface area contributed by atoms with E-state index in [1.807, 2.05) is 13.8 Å². The second-order valence-electron chi connectivity index (χ2n) is 3.45. The maximum Gasteiger partial charge on any atom is 0.180 e. The summed E-state index contributed by atoms with van der Waals surface area (Å²) in [5.74, 6) is -0.320. The molecule has 0 spiro atoms. The van der Waals surface area contributed by atoms with Crippen molar-refractivity contribution < 1.29 is 9.18 Å². The third-order valence-electron chi connectivity index (χ3n) is 2.32. The number of nitrogens with one attached hydrogen (secondary N) is 1. The van der Waals surface area contributed by atoms with E-state index in [0.717, 1.165) is 0 Å². The third kappa shape index (κ3) is 3.26. The van der Waals surface area contributed by atoms with Crippen molar-refractivity contribution in [2.24, 2.45) is 0 Å². The summed E-state index contributed by atoms with van der Waals surface area (Å²) < 4.78 is 13.0. The number of benzene rings is 1. The van der Waals surface area contributed by atoms with Gasteiger partial charge in [-0.05, 0) is 18.2 Å². The SMILES string of the molecule is CC.CCC(=O)c1cc(-c2cccc(F)c2)n[nH]1. The van der Waals surface area contributed by atoms with E-state index in [9.17, 15) is 9.18 Å². The molecule has 0 saturated heterocycles. The number of H-pyrrole nitrogens is 1. The predicted molar refractivity (Wildman–Crippen MR) is 70.0 cm³/mol. The average Bonchev–Trinajstić information content (AvgIpc) is 2.90. The molecule has 0 bridgehead atoms. The molecule has 0 amide bonds. The van der Waals surface area contributed by atoms with Crippen LogP contribution in [0.15, 0.2) is 30.3 Å². The Hall–Kier alpha value is -1.97. The van der Waals surface area contributed by atoms with Crippen LogP contribution in [0.1, 0.15) is 37.7 Å². The Balaban J connectivity index is 0.000000771. The lowest BCUT2D eigenvalue weighted by molar-refractivity contribution is 0.0983. The van der Waals surface area contributed by atoms with Crippen LogP contribution in [0, 0.1) is 5.82 Å². The standard InChI is InChI=1S/C12H11FN2O.C2H6/c1-2-12(16)11-7-10(14-15-11)8-4-3-5-9(13)6-8;1-2/h3-7H,2H2,1H3,(H,14,15);1-2H3. The van der Waals surface area contributed by atoms with Crippen molar-refractivity contribution in [1.29, 1.82) is 0 Å². The molecule has 3 nitrogen and oxygen atoms in total. The minimum absolute atomic E-state index is 0.00449. The summed E-state index contributed by atoms with van der Waals surface area (Å²) in [6.45, 7) is 5.78. The molecule has 0 radical (unpaired) electrons. The predicted octanol–water partition coefficient (Wildman–Crippen LogP) is 3.83. The molecule has 0 unspecified atom stereocenters. The smallest absolute Gasteiger partial charge is 0.180 e. The average molecular weight is 248 g/mol. The lowest BCUT2D eigenvalue weighted by atomic mass is 10.1. The highest BCUT2D eigenvalue weighted by molar-refractivity contribution is 5.94.